The van der Waals surface area contributed by atoms with Crippen molar-refractivity contribution in [1.82, 2.24) is 34.9 Å². The average Bonchev–Trinajstić information content (AvgIpc) is 3.51. The van der Waals surface area contributed by atoms with Gasteiger partial charge in [0.25, 0.3) is 0 Å². The molecule has 0 spiro atoms. The van der Waals surface area contributed by atoms with Gasteiger partial charge in [0.05, 0.1) is 41.8 Å². The minimum absolute atomic E-state index is 0.0519. The molecule has 0 unspecified atom stereocenters. The van der Waals surface area contributed by atoms with Crippen LogP contribution in [0.15, 0.2) is 48.8 Å². The summed E-state index contributed by atoms with van der Waals surface area (Å²) in [4.78, 5) is 27.1. The van der Waals surface area contributed by atoms with Gasteiger partial charge >= 0.3 is 0 Å². The highest BCUT2D eigenvalue weighted by molar-refractivity contribution is 5.85. The summed E-state index contributed by atoms with van der Waals surface area (Å²) in [5.41, 5.74) is 3.54. The summed E-state index contributed by atoms with van der Waals surface area (Å²) in [6, 6.07) is 12.1. The number of carbonyl (C=O) groups excluding carboxylic acids is 1. The fourth-order valence-electron chi connectivity index (χ4n) is 4.68. The number of piperidine rings is 1. The molecular formula is C25H29N7O2. The molecule has 0 bridgehead atoms. The van der Waals surface area contributed by atoms with Crippen LogP contribution in [0.2, 0.25) is 0 Å². The first-order valence-electron chi connectivity index (χ1n) is 11.5. The summed E-state index contributed by atoms with van der Waals surface area (Å²) >= 11 is 0. The molecule has 1 aliphatic rings. The van der Waals surface area contributed by atoms with Crippen LogP contribution in [0.3, 0.4) is 0 Å². The molecule has 9 heteroatoms. The van der Waals surface area contributed by atoms with E-state index >= 15 is 0 Å². The fourth-order valence-corrected chi connectivity index (χ4v) is 4.68. The number of rotatable bonds is 6. The molecule has 3 aromatic heterocycles. The summed E-state index contributed by atoms with van der Waals surface area (Å²) in [5, 5.41) is 9.07. The molecule has 5 rings (SSSR count). The highest BCUT2D eigenvalue weighted by Gasteiger charge is 2.33. The number of nitrogens with zero attached hydrogens (tertiary/aromatic N) is 5. The van der Waals surface area contributed by atoms with E-state index in [-0.39, 0.29) is 18.0 Å². The standard InChI is InChI=1S/C25H29N7O2/c1-16(33)32-11-9-18(26-14-19-8-10-31(2)30-19)13-23(32)24-27-15-22(28-24)20-12-17-6-4-5-7-21(17)29-25(20)34-3/h4-8,10,12,15,18,23,26H,9,11,13-14H2,1-3H3,(H,27,28)/t18-,23-/m0/s1. The first kappa shape index (κ1) is 22.1. The number of H-pyrrole nitrogens is 1. The van der Waals surface area contributed by atoms with Gasteiger partial charge in [-0.1, -0.05) is 18.2 Å². The number of methoxy groups -OCH3 is 1. The Morgan fingerprint density at radius 3 is 2.91 bits per heavy atom. The first-order valence-corrected chi connectivity index (χ1v) is 11.5. The number of carbonyl (C=O) groups is 1. The Labute approximate surface area is 198 Å². The molecule has 0 radical (unpaired) electrons. The molecule has 4 heterocycles. The zero-order chi connectivity index (χ0) is 23.7. The summed E-state index contributed by atoms with van der Waals surface area (Å²) in [5.74, 6) is 1.36. The molecule has 2 atom stereocenters. The van der Waals surface area contributed by atoms with E-state index in [1.165, 1.54) is 0 Å². The van der Waals surface area contributed by atoms with Crippen LogP contribution >= 0.6 is 0 Å². The Morgan fingerprint density at radius 1 is 1.29 bits per heavy atom. The van der Waals surface area contributed by atoms with Crippen LogP contribution in [0.25, 0.3) is 22.2 Å². The van der Waals surface area contributed by atoms with Crippen molar-refractivity contribution in [1.29, 1.82) is 0 Å². The van der Waals surface area contributed by atoms with Crippen LogP contribution in [0.1, 0.15) is 37.3 Å². The molecule has 1 aliphatic heterocycles. The van der Waals surface area contributed by atoms with Crippen molar-refractivity contribution in [2.45, 2.75) is 38.4 Å². The molecule has 1 saturated heterocycles. The predicted octanol–water partition coefficient (Wildman–Crippen LogP) is 3.21. The van der Waals surface area contributed by atoms with E-state index < -0.39 is 0 Å². The van der Waals surface area contributed by atoms with Gasteiger partial charge in [0.2, 0.25) is 11.8 Å². The number of aryl methyl sites for hydroxylation is 1. The third-order valence-corrected chi connectivity index (χ3v) is 6.43. The van der Waals surface area contributed by atoms with Gasteiger partial charge in [0.1, 0.15) is 5.82 Å². The SMILES string of the molecule is COc1nc2ccccc2cc1-c1cnc([C@@H]2C[C@@H](NCc3ccn(C)n3)CCN2C(C)=O)[nH]1. The van der Waals surface area contributed by atoms with Crippen molar-refractivity contribution in [2.24, 2.45) is 7.05 Å². The van der Waals surface area contributed by atoms with Crippen LogP contribution in [0.5, 0.6) is 5.88 Å². The maximum atomic E-state index is 12.4. The lowest BCUT2D eigenvalue weighted by Crippen LogP contribution is -2.46. The Hall–Kier alpha value is -3.72. The normalized spacial score (nSPS) is 18.4. The number of hydrogen-bond donors (Lipinski definition) is 2. The number of likely N-dealkylation sites (tertiary alicyclic amines) is 1. The van der Waals surface area contributed by atoms with Gasteiger partial charge in [0, 0.05) is 44.7 Å². The molecule has 1 fully saturated rings. The number of hydrogen-bond acceptors (Lipinski definition) is 6. The molecule has 0 aliphatic carbocycles. The zero-order valence-corrected chi connectivity index (χ0v) is 19.7. The lowest BCUT2D eigenvalue weighted by atomic mass is 9.96. The second-order valence-corrected chi connectivity index (χ2v) is 8.73. The molecule has 2 N–H and O–H groups in total. The molecule has 9 nitrogen and oxygen atoms in total. The molecule has 4 aromatic rings. The summed E-state index contributed by atoms with van der Waals surface area (Å²) in [6.07, 6.45) is 5.40. The lowest BCUT2D eigenvalue weighted by Gasteiger charge is -2.38. The maximum absolute atomic E-state index is 12.4. The van der Waals surface area contributed by atoms with Crippen LogP contribution in [0, 0.1) is 0 Å². The number of pyridine rings is 1. The number of aromatic nitrogens is 5. The number of amides is 1. The second kappa shape index (κ2) is 9.26. The van der Waals surface area contributed by atoms with Gasteiger partial charge in [-0.2, -0.15) is 5.10 Å². The topological polar surface area (TPSA) is 101 Å². The third-order valence-electron chi connectivity index (χ3n) is 6.43. The van der Waals surface area contributed by atoms with Gasteiger partial charge in [-0.05, 0) is 31.0 Å². The molecule has 176 valence electrons. The van der Waals surface area contributed by atoms with E-state index in [1.807, 2.05) is 48.5 Å². The average molecular weight is 460 g/mol. The number of fused-ring (bicyclic) bond motifs is 1. The van der Waals surface area contributed by atoms with Crippen molar-refractivity contribution >= 4 is 16.8 Å². The van der Waals surface area contributed by atoms with Crippen molar-refractivity contribution in [3.63, 3.8) is 0 Å². The lowest BCUT2D eigenvalue weighted by molar-refractivity contribution is -0.133. The summed E-state index contributed by atoms with van der Waals surface area (Å²) < 4.78 is 7.38. The monoisotopic (exact) mass is 459 g/mol. The van der Waals surface area contributed by atoms with Crippen molar-refractivity contribution < 1.29 is 9.53 Å². The zero-order valence-electron chi connectivity index (χ0n) is 19.7. The number of nitrogens with one attached hydrogen (secondary N) is 2. The van der Waals surface area contributed by atoms with Crippen LogP contribution < -0.4 is 10.1 Å². The second-order valence-electron chi connectivity index (χ2n) is 8.73. The third kappa shape index (κ3) is 4.38. The largest absolute Gasteiger partial charge is 0.480 e. The molecular weight excluding hydrogens is 430 g/mol. The smallest absolute Gasteiger partial charge is 0.223 e. The number of imidazole rings is 1. The molecule has 0 saturated carbocycles. The van der Waals surface area contributed by atoms with Crippen molar-refractivity contribution in [3.05, 3.63) is 60.3 Å². The van der Waals surface area contributed by atoms with Crippen molar-refractivity contribution in [2.75, 3.05) is 13.7 Å². The van der Waals surface area contributed by atoms with E-state index in [9.17, 15) is 4.79 Å². The number of aromatic amines is 1. The van der Waals surface area contributed by atoms with Gasteiger partial charge in [-0.15, -0.1) is 0 Å². The Balaban J connectivity index is 1.40. The van der Waals surface area contributed by atoms with E-state index in [1.54, 1.807) is 24.9 Å². The van der Waals surface area contributed by atoms with Crippen LogP contribution in [-0.4, -0.2) is 55.2 Å². The van der Waals surface area contributed by atoms with Gasteiger partial charge in [0.15, 0.2) is 0 Å². The Bertz CT molecular complexity index is 1310. The predicted molar refractivity (Wildman–Crippen MR) is 129 cm³/mol. The Kier molecular flexibility index (Phi) is 6.02. The van der Waals surface area contributed by atoms with E-state index in [0.29, 0.717) is 19.0 Å². The van der Waals surface area contributed by atoms with Crippen molar-refractivity contribution in [3.8, 4) is 17.1 Å². The fraction of sp³-hybridized carbons (Fsp3) is 0.360. The molecule has 1 aromatic carbocycles. The van der Waals surface area contributed by atoms with Crippen LogP contribution in [-0.2, 0) is 18.4 Å². The maximum Gasteiger partial charge on any atom is 0.223 e. The molecule has 1 amide bonds. The van der Waals surface area contributed by atoms with Gasteiger partial charge in [-0.25, -0.2) is 9.97 Å². The minimum Gasteiger partial charge on any atom is -0.480 e. The number of para-hydroxylation sites is 1. The van der Waals surface area contributed by atoms with Gasteiger partial charge < -0.3 is 19.9 Å². The van der Waals surface area contributed by atoms with E-state index in [0.717, 1.165) is 46.5 Å². The number of ether oxygens (including phenoxy) is 1. The quantitative estimate of drug-likeness (QED) is 0.459. The molecule has 34 heavy (non-hydrogen) atoms. The van der Waals surface area contributed by atoms with E-state index in [2.05, 4.69) is 31.4 Å². The number of benzene rings is 1. The highest BCUT2D eigenvalue weighted by Crippen LogP contribution is 2.34. The Morgan fingerprint density at radius 2 is 2.15 bits per heavy atom. The first-order chi connectivity index (χ1) is 16.5. The summed E-state index contributed by atoms with van der Waals surface area (Å²) in [7, 11) is 3.54. The van der Waals surface area contributed by atoms with Crippen LogP contribution in [0.4, 0.5) is 0 Å². The summed E-state index contributed by atoms with van der Waals surface area (Å²) in [6.45, 7) is 2.99. The minimum atomic E-state index is -0.138. The van der Waals surface area contributed by atoms with Gasteiger partial charge in [-0.3, -0.25) is 9.48 Å². The van der Waals surface area contributed by atoms with E-state index in [4.69, 9.17) is 4.74 Å². The highest BCUT2D eigenvalue weighted by atomic mass is 16.5.